The lowest BCUT2D eigenvalue weighted by molar-refractivity contribution is 0.0527. The van der Waals surface area contributed by atoms with Gasteiger partial charge in [-0.3, -0.25) is 0 Å². The quantitative estimate of drug-likeness (QED) is 0.675. The first-order chi connectivity index (χ1) is 7.45. The molecule has 0 unspecified atom stereocenters. The number of amides is 1. The molecule has 0 atom stereocenters. The standard InChI is InChI=1S/C13H26NO2/c1-5-6-7-8-9-10-11-14-12(15)16-13(2,3)4/h5H,6-11H2,1-4H3,(H,14,15). The van der Waals surface area contributed by atoms with Gasteiger partial charge in [-0.2, -0.15) is 0 Å². The molecule has 0 aromatic rings. The van der Waals surface area contributed by atoms with Crippen LogP contribution in [0.3, 0.4) is 0 Å². The van der Waals surface area contributed by atoms with Gasteiger partial charge in [-0.15, -0.1) is 0 Å². The molecule has 1 N–H and O–H groups in total. The highest BCUT2D eigenvalue weighted by Crippen LogP contribution is 2.07. The van der Waals surface area contributed by atoms with Crippen LogP contribution in [0.15, 0.2) is 0 Å². The molecule has 16 heavy (non-hydrogen) atoms. The van der Waals surface area contributed by atoms with Gasteiger partial charge >= 0.3 is 6.09 Å². The van der Waals surface area contributed by atoms with Crippen LogP contribution in [0.25, 0.3) is 0 Å². The van der Waals surface area contributed by atoms with Crippen LogP contribution in [0.1, 0.15) is 59.8 Å². The van der Waals surface area contributed by atoms with Gasteiger partial charge in [-0.05, 0) is 33.6 Å². The Morgan fingerprint density at radius 1 is 1.19 bits per heavy atom. The predicted octanol–water partition coefficient (Wildman–Crippen LogP) is 3.69. The maximum absolute atomic E-state index is 11.3. The molecule has 0 heterocycles. The van der Waals surface area contributed by atoms with Crippen molar-refractivity contribution < 1.29 is 9.53 Å². The molecule has 1 radical (unpaired) electrons. The molecular weight excluding hydrogens is 202 g/mol. The third-order valence-corrected chi connectivity index (χ3v) is 2.09. The van der Waals surface area contributed by atoms with E-state index in [1.807, 2.05) is 20.8 Å². The first-order valence-corrected chi connectivity index (χ1v) is 6.20. The topological polar surface area (TPSA) is 38.3 Å². The van der Waals surface area contributed by atoms with Crippen LogP contribution in [-0.2, 0) is 4.74 Å². The minimum Gasteiger partial charge on any atom is -0.444 e. The van der Waals surface area contributed by atoms with E-state index in [0.717, 1.165) is 6.42 Å². The van der Waals surface area contributed by atoms with Crippen LogP contribution in [0.2, 0.25) is 0 Å². The molecule has 95 valence electrons. The summed E-state index contributed by atoms with van der Waals surface area (Å²) < 4.78 is 5.13. The van der Waals surface area contributed by atoms with Crippen molar-refractivity contribution in [3.63, 3.8) is 0 Å². The molecule has 3 heteroatoms. The van der Waals surface area contributed by atoms with E-state index in [1.165, 1.54) is 25.7 Å². The van der Waals surface area contributed by atoms with E-state index in [9.17, 15) is 4.79 Å². The molecule has 0 saturated heterocycles. The lowest BCUT2D eigenvalue weighted by Gasteiger charge is -2.19. The fourth-order valence-electron chi connectivity index (χ4n) is 1.33. The summed E-state index contributed by atoms with van der Waals surface area (Å²) in [6.07, 6.45) is 7.77. The van der Waals surface area contributed by atoms with Crippen molar-refractivity contribution in [2.24, 2.45) is 0 Å². The number of rotatable bonds is 7. The molecule has 0 aromatic carbocycles. The monoisotopic (exact) mass is 228 g/mol. The lowest BCUT2D eigenvalue weighted by atomic mass is 10.1. The Labute approximate surface area is 99.9 Å². The molecule has 0 fully saturated rings. The first kappa shape index (κ1) is 15.3. The molecule has 0 rings (SSSR count). The Bertz CT molecular complexity index is 185. The van der Waals surface area contributed by atoms with E-state index < -0.39 is 5.60 Å². The molecule has 0 saturated carbocycles. The van der Waals surface area contributed by atoms with Crippen molar-refractivity contribution in [1.29, 1.82) is 0 Å². The molecule has 0 aliphatic rings. The zero-order valence-corrected chi connectivity index (χ0v) is 11.1. The smallest absolute Gasteiger partial charge is 0.407 e. The van der Waals surface area contributed by atoms with Gasteiger partial charge in [0.05, 0.1) is 0 Å². The second-order valence-electron chi connectivity index (χ2n) is 5.04. The maximum atomic E-state index is 11.3. The van der Waals surface area contributed by atoms with Crippen molar-refractivity contribution in [3.05, 3.63) is 6.42 Å². The van der Waals surface area contributed by atoms with Crippen LogP contribution in [-0.4, -0.2) is 18.2 Å². The van der Waals surface area contributed by atoms with Crippen LogP contribution in [0, 0.1) is 6.42 Å². The van der Waals surface area contributed by atoms with Crippen LogP contribution in [0.5, 0.6) is 0 Å². The molecular formula is C13H26NO2. The normalized spacial score (nSPS) is 11.2. The van der Waals surface area contributed by atoms with Crippen molar-refractivity contribution in [3.8, 4) is 0 Å². The Kier molecular flexibility index (Phi) is 8.04. The largest absolute Gasteiger partial charge is 0.444 e. The van der Waals surface area contributed by atoms with Gasteiger partial charge < -0.3 is 10.1 Å². The average Bonchev–Trinajstić information content (AvgIpc) is 2.13. The fraction of sp³-hybridized carbons (Fsp3) is 0.846. The number of carbonyl (C=O) groups excluding carboxylic acids is 1. The van der Waals surface area contributed by atoms with Crippen LogP contribution < -0.4 is 5.32 Å². The van der Waals surface area contributed by atoms with Gasteiger partial charge in [0.1, 0.15) is 5.60 Å². The van der Waals surface area contributed by atoms with E-state index in [2.05, 4.69) is 18.7 Å². The van der Waals surface area contributed by atoms with Crippen molar-refractivity contribution >= 4 is 6.09 Å². The molecule has 0 bridgehead atoms. The van der Waals surface area contributed by atoms with E-state index in [0.29, 0.717) is 6.54 Å². The molecule has 1 amide bonds. The number of alkyl carbamates (subject to hydrolysis) is 1. The number of unbranched alkanes of at least 4 members (excludes halogenated alkanes) is 5. The Hall–Kier alpha value is -0.730. The van der Waals surface area contributed by atoms with Crippen molar-refractivity contribution in [2.75, 3.05) is 6.54 Å². The third kappa shape index (κ3) is 11.3. The number of hydrogen-bond acceptors (Lipinski definition) is 2. The van der Waals surface area contributed by atoms with E-state index in [4.69, 9.17) is 4.74 Å². The highest BCUT2D eigenvalue weighted by Gasteiger charge is 2.15. The molecule has 0 aliphatic heterocycles. The Morgan fingerprint density at radius 3 is 2.38 bits per heavy atom. The highest BCUT2D eigenvalue weighted by molar-refractivity contribution is 5.67. The van der Waals surface area contributed by atoms with Gasteiger partial charge in [0.2, 0.25) is 0 Å². The zero-order chi connectivity index (χ0) is 12.4. The van der Waals surface area contributed by atoms with E-state index in [-0.39, 0.29) is 6.09 Å². The minimum atomic E-state index is -0.402. The summed E-state index contributed by atoms with van der Waals surface area (Å²) in [5.74, 6) is 0. The van der Waals surface area contributed by atoms with Crippen molar-refractivity contribution in [2.45, 2.75) is 65.4 Å². The zero-order valence-electron chi connectivity index (χ0n) is 11.1. The summed E-state index contributed by atoms with van der Waals surface area (Å²) in [5.41, 5.74) is -0.402. The third-order valence-electron chi connectivity index (χ3n) is 2.09. The first-order valence-electron chi connectivity index (χ1n) is 6.20. The number of ether oxygens (including phenoxy) is 1. The molecule has 3 nitrogen and oxygen atoms in total. The Morgan fingerprint density at radius 2 is 1.81 bits per heavy atom. The molecule has 0 spiro atoms. The Balaban J connectivity index is 3.28. The second-order valence-corrected chi connectivity index (χ2v) is 5.04. The van der Waals surface area contributed by atoms with E-state index >= 15 is 0 Å². The fourth-order valence-corrected chi connectivity index (χ4v) is 1.33. The summed E-state index contributed by atoms with van der Waals surface area (Å²) in [7, 11) is 0. The number of nitrogens with one attached hydrogen (secondary N) is 1. The highest BCUT2D eigenvalue weighted by atomic mass is 16.6. The van der Waals surface area contributed by atoms with Crippen molar-refractivity contribution in [1.82, 2.24) is 5.32 Å². The van der Waals surface area contributed by atoms with Gasteiger partial charge in [0, 0.05) is 6.54 Å². The second kappa shape index (κ2) is 8.43. The van der Waals surface area contributed by atoms with Gasteiger partial charge in [0.25, 0.3) is 0 Å². The van der Waals surface area contributed by atoms with Gasteiger partial charge in [0.15, 0.2) is 0 Å². The molecule has 0 aliphatic carbocycles. The average molecular weight is 228 g/mol. The summed E-state index contributed by atoms with van der Waals surface area (Å²) in [4.78, 5) is 11.3. The number of hydrogen-bond donors (Lipinski definition) is 1. The number of carbonyl (C=O) groups is 1. The summed E-state index contributed by atoms with van der Waals surface area (Å²) in [5, 5.41) is 2.76. The minimum absolute atomic E-state index is 0.311. The molecule has 0 aromatic heterocycles. The summed E-state index contributed by atoms with van der Waals surface area (Å²) >= 11 is 0. The maximum Gasteiger partial charge on any atom is 0.407 e. The summed E-state index contributed by atoms with van der Waals surface area (Å²) in [6, 6.07) is 0. The van der Waals surface area contributed by atoms with Gasteiger partial charge in [-0.1, -0.05) is 32.6 Å². The van der Waals surface area contributed by atoms with Crippen LogP contribution in [0.4, 0.5) is 4.79 Å². The van der Waals surface area contributed by atoms with E-state index in [1.54, 1.807) is 0 Å². The predicted molar refractivity (Wildman–Crippen MR) is 67.3 cm³/mol. The summed E-state index contributed by atoms with van der Waals surface area (Å²) in [6.45, 7) is 8.41. The van der Waals surface area contributed by atoms with Gasteiger partial charge in [-0.25, -0.2) is 4.79 Å². The SMILES string of the molecule is C[CH]CCCCCCNC(=O)OC(C)(C)C. The lowest BCUT2D eigenvalue weighted by Crippen LogP contribution is -2.32. The van der Waals surface area contributed by atoms with Crippen LogP contribution >= 0.6 is 0 Å².